The number of benzene rings is 2. The Labute approximate surface area is 123 Å². The fourth-order valence-corrected chi connectivity index (χ4v) is 1.95. The first-order valence-corrected chi connectivity index (χ1v) is 6.88. The normalized spacial score (nSPS) is 10.8. The molecule has 2 aromatic rings. The van der Waals surface area contributed by atoms with Gasteiger partial charge in [-0.05, 0) is 30.3 Å². The highest BCUT2D eigenvalue weighted by Gasteiger charge is 2.11. The average molecular weight is 294 g/mol. The number of nitrogens with one attached hydrogen (secondary N) is 1. The van der Waals surface area contributed by atoms with Crippen molar-refractivity contribution < 1.29 is 9.13 Å². The molecule has 2 rings (SSSR count). The lowest BCUT2D eigenvalue weighted by Gasteiger charge is -2.14. The molecule has 0 radical (unpaired) electrons. The first-order valence-electron chi connectivity index (χ1n) is 6.50. The van der Waals surface area contributed by atoms with Gasteiger partial charge in [-0.1, -0.05) is 37.6 Å². The van der Waals surface area contributed by atoms with Crippen LogP contribution in [0.15, 0.2) is 42.5 Å². The zero-order valence-corrected chi connectivity index (χ0v) is 12.2. The first-order chi connectivity index (χ1) is 9.56. The zero-order valence-electron chi connectivity index (χ0n) is 11.5. The van der Waals surface area contributed by atoms with Crippen LogP contribution in [0.5, 0.6) is 11.5 Å². The number of ether oxygens (including phenoxy) is 1. The molecule has 106 valence electrons. The highest BCUT2D eigenvalue weighted by Crippen LogP contribution is 2.28. The van der Waals surface area contributed by atoms with Gasteiger partial charge in [-0.15, -0.1) is 0 Å². The Kier molecular flexibility index (Phi) is 4.99. The summed E-state index contributed by atoms with van der Waals surface area (Å²) in [7, 11) is 0. The predicted molar refractivity (Wildman–Crippen MR) is 79.9 cm³/mol. The third kappa shape index (κ3) is 3.95. The minimum Gasteiger partial charge on any atom is -0.457 e. The molecule has 2 aromatic carbocycles. The monoisotopic (exact) mass is 293 g/mol. The molecular formula is C16H17ClFNO. The fraction of sp³-hybridized carbons (Fsp3) is 0.250. The molecule has 0 fully saturated rings. The SMILES string of the molecule is CC(C)NCc1c(F)cccc1Oc1cccc(Cl)c1. The van der Waals surface area contributed by atoms with E-state index in [1.54, 1.807) is 36.4 Å². The van der Waals surface area contributed by atoms with Crippen molar-refractivity contribution in [2.45, 2.75) is 26.4 Å². The Balaban J connectivity index is 2.24. The highest BCUT2D eigenvalue weighted by atomic mass is 35.5. The molecule has 0 aliphatic rings. The van der Waals surface area contributed by atoms with E-state index in [0.29, 0.717) is 28.6 Å². The lowest BCUT2D eigenvalue weighted by atomic mass is 10.1. The summed E-state index contributed by atoms with van der Waals surface area (Å²) < 4.78 is 19.7. The Morgan fingerprint density at radius 1 is 1.20 bits per heavy atom. The minimum atomic E-state index is -0.280. The standard InChI is InChI=1S/C16H17ClFNO/c1-11(2)19-10-14-15(18)7-4-8-16(14)20-13-6-3-5-12(17)9-13/h3-9,11,19H,10H2,1-2H3. The van der Waals surface area contributed by atoms with E-state index < -0.39 is 0 Å². The van der Waals surface area contributed by atoms with Crippen LogP contribution in [0.1, 0.15) is 19.4 Å². The molecule has 0 aliphatic carbocycles. The summed E-state index contributed by atoms with van der Waals surface area (Å²) in [5, 5.41) is 3.78. The number of rotatable bonds is 5. The van der Waals surface area contributed by atoms with Crippen LogP contribution in [0.2, 0.25) is 5.02 Å². The molecule has 0 saturated carbocycles. The summed E-state index contributed by atoms with van der Waals surface area (Å²) >= 11 is 5.92. The van der Waals surface area contributed by atoms with Crippen LogP contribution in [-0.4, -0.2) is 6.04 Å². The van der Waals surface area contributed by atoms with Gasteiger partial charge in [0.05, 0.1) is 0 Å². The van der Waals surface area contributed by atoms with Gasteiger partial charge in [0, 0.05) is 23.2 Å². The molecule has 0 spiro atoms. The molecule has 0 unspecified atom stereocenters. The number of halogens is 2. The summed E-state index contributed by atoms with van der Waals surface area (Å²) in [6, 6.07) is 12.1. The van der Waals surface area contributed by atoms with Crippen LogP contribution in [0.4, 0.5) is 4.39 Å². The summed E-state index contributed by atoms with van der Waals surface area (Å²) in [4.78, 5) is 0. The van der Waals surface area contributed by atoms with E-state index in [-0.39, 0.29) is 11.9 Å². The summed E-state index contributed by atoms with van der Waals surface area (Å²) in [5.41, 5.74) is 0.515. The predicted octanol–water partition coefficient (Wildman–Crippen LogP) is 4.77. The zero-order chi connectivity index (χ0) is 14.5. The maximum absolute atomic E-state index is 13.9. The molecule has 0 saturated heterocycles. The molecule has 0 atom stereocenters. The van der Waals surface area contributed by atoms with E-state index in [0.717, 1.165) is 0 Å². The molecule has 1 N–H and O–H groups in total. The molecule has 0 aliphatic heterocycles. The van der Waals surface area contributed by atoms with Crippen molar-refractivity contribution >= 4 is 11.6 Å². The van der Waals surface area contributed by atoms with E-state index in [2.05, 4.69) is 5.32 Å². The second kappa shape index (κ2) is 6.73. The van der Waals surface area contributed by atoms with E-state index >= 15 is 0 Å². The maximum atomic E-state index is 13.9. The van der Waals surface area contributed by atoms with E-state index in [4.69, 9.17) is 16.3 Å². The maximum Gasteiger partial charge on any atom is 0.134 e. The Hall–Kier alpha value is -1.58. The van der Waals surface area contributed by atoms with Gasteiger partial charge in [-0.2, -0.15) is 0 Å². The highest BCUT2D eigenvalue weighted by molar-refractivity contribution is 6.30. The van der Waals surface area contributed by atoms with Crippen molar-refractivity contribution in [1.29, 1.82) is 0 Å². The Bertz CT molecular complexity index is 586. The summed E-state index contributed by atoms with van der Waals surface area (Å²) in [5.74, 6) is 0.812. The van der Waals surface area contributed by atoms with Crippen LogP contribution in [0.25, 0.3) is 0 Å². The van der Waals surface area contributed by atoms with Gasteiger partial charge >= 0.3 is 0 Å². The lowest BCUT2D eigenvalue weighted by molar-refractivity contribution is 0.457. The van der Waals surface area contributed by atoms with E-state index in [1.807, 2.05) is 13.8 Å². The minimum absolute atomic E-state index is 0.272. The van der Waals surface area contributed by atoms with Crippen LogP contribution < -0.4 is 10.1 Å². The third-order valence-electron chi connectivity index (χ3n) is 2.79. The lowest BCUT2D eigenvalue weighted by Crippen LogP contribution is -2.22. The summed E-state index contributed by atoms with van der Waals surface area (Å²) in [6.45, 7) is 4.44. The fourth-order valence-electron chi connectivity index (χ4n) is 1.77. The summed E-state index contributed by atoms with van der Waals surface area (Å²) in [6.07, 6.45) is 0. The van der Waals surface area contributed by atoms with Gasteiger partial charge in [0.2, 0.25) is 0 Å². The molecule has 2 nitrogen and oxygen atoms in total. The third-order valence-corrected chi connectivity index (χ3v) is 3.02. The van der Waals surface area contributed by atoms with Crippen molar-refractivity contribution in [3.63, 3.8) is 0 Å². The molecule has 0 aromatic heterocycles. The van der Waals surface area contributed by atoms with Gasteiger partial charge < -0.3 is 10.1 Å². The number of hydrogen-bond acceptors (Lipinski definition) is 2. The van der Waals surface area contributed by atoms with Crippen LogP contribution in [-0.2, 0) is 6.54 Å². The molecule has 0 bridgehead atoms. The van der Waals surface area contributed by atoms with Gasteiger partial charge in [-0.3, -0.25) is 0 Å². The van der Waals surface area contributed by atoms with E-state index in [9.17, 15) is 4.39 Å². The molecule has 0 heterocycles. The molecule has 4 heteroatoms. The molecule has 0 amide bonds. The Morgan fingerprint density at radius 2 is 1.95 bits per heavy atom. The van der Waals surface area contributed by atoms with Gasteiger partial charge in [0.15, 0.2) is 0 Å². The number of hydrogen-bond donors (Lipinski definition) is 1. The smallest absolute Gasteiger partial charge is 0.134 e. The van der Waals surface area contributed by atoms with Crippen LogP contribution in [0, 0.1) is 5.82 Å². The topological polar surface area (TPSA) is 21.3 Å². The van der Waals surface area contributed by atoms with Gasteiger partial charge in [0.1, 0.15) is 17.3 Å². The first kappa shape index (κ1) is 14.8. The Morgan fingerprint density at radius 3 is 2.65 bits per heavy atom. The van der Waals surface area contributed by atoms with E-state index in [1.165, 1.54) is 6.07 Å². The second-order valence-electron chi connectivity index (χ2n) is 4.81. The molecule has 20 heavy (non-hydrogen) atoms. The average Bonchev–Trinajstić information content (AvgIpc) is 2.38. The van der Waals surface area contributed by atoms with Crippen molar-refractivity contribution in [1.82, 2.24) is 5.32 Å². The largest absolute Gasteiger partial charge is 0.457 e. The van der Waals surface area contributed by atoms with Crippen molar-refractivity contribution in [2.75, 3.05) is 0 Å². The van der Waals surface area contributed by atoms with Crippen molar-refractivity contribution in [3.05, 3.63) is 58.9 Å². The van der Waals surface area contributed by atoms with Crippen LogP contribution >= 0.6 is 11.6 Å². The van der Waals surface area contributed by atoms with Gasteiger partial charge in [0.25, 0.3) is 0 Å². The van der Waals surface area contributed by atoms with Crippen molar-refractivity contribution in [3.8, 4) is 11.5 Å². The van der Waals surface area contributed by atoms with Crippen LogP contribution in [0.3, 0.4) is 0 Å². The van der Waals surface area contributed by atoms with Gasteiger partial charge in [-0.25, -0.2) is 4.39 Å². The second-order valence-corrected chi connectivity index (χ2v) is 5.25. The quantitative estimate of drug-likeness (QED) is 0.857. The van der Waals surface area contributed by atoms with Crippen molar-refractivity contribution in [2.24, 2.45) is 0 Å². The molecular weight excluding hydrogens is 277 g/mol.